The average molecular weight is 395 g/mol. The quantitative estimate of drug-likeness (QED) is 0.510. The van der Waals surface area contributed by atoms with Crippen molar-refractivity contribution in [3.8, 4) is 11.5 Å². The summed E-state index contributed by atoms with van der Waals surface area (Å²) in [4.78, 5) is 12.7. The van der Waals surface area contributed by atoms with Gasteiger partial charge in [-0.1, -0.05) is 35.9 Å². The van der Waals surface area contributed by atoms with Crippen molar-refractivity contribution in [1.29, 1.82) is 0 Å². The van der Waals surface area contributed by atoms with E-state index in [-0.39, 0.29) is 24.0 Å². The van der Waals surface area contributed by atoms with Gasteiger partial charge in [-0.25, -0.2) is 4.39 Å². The molecule has 0 atom stereocenters. The van der Waals surface area contributed by atoms with Gasteiger partial charge in [0.2, 0.25) is 5.78 Å². The molecule has 1 heterocycles. The van der Waals surface area contributed by atoms with Crippen LogP contribution in [0.15, 0.2) is 66.4 Å². The molecule has 140 valence electrons. The molecule has 0 amide bonds. The van der Waals surface area contributed by atoms with Crippen molar-refractivity contribution in [2.45, 2.75) is 13.5 Å². The first kappa shape index (κ1) is 18.3. The molecule has 3 aromatic rings. The van der Waals surface area contributed by atoms with Crippen molar-refractivity contribution in [3.05, 3.63) is 99.5 Å². The van der Waals surface area contributed by atoms with Gasteiger partial charge in [0, 0.05) is 11.1 Å². The highest BCUT2D eigenvalue weighted by atomic mass is 35.5. The average Bonchev–Trinajstić information content (AvgIpc) is 2.96. The highest BCUT2D eigenvalue weighted by Crippen LogP contribution is 2.37. The molecular formula is C23H16ClFO3. The molecule has 0 fully saturated rings. The number of allylic oxidation sites excluding steroid dienone is 1. The number of benzene rings is 3. The molecule has 0 aliphatic carbocycles. The fourth-order valence-corrected chi connectivity index (χ4v) is 3.30. The van der Waals surface area contributed by atoms with Gasteiger partial charge >= 0.3 is 0 Å². The van der Waals surface area contributed by atoms with Gasteiger partial charge in [-0.05, 0) is 60.0 Å². The van der Waals surface area contributed by atoms with Crippen LogP contribution in [0, 0.1) is 12.7 Å². The lowest BCUT2D eigenvalue weighted by atomic mass is 10.0. The first-order chi connectivity index (χ1) is 13.5. The first-order valence-corrected chi connectivity index (χ1v) is 9.09. The van der Waals surface area contributed by atoms with Crippen LogP contribution >= 0.6 is 11.6 Å². The lowest BCUT2D eigenvalue weighted by molar-refractivity contribution is 0.101. The second-order valence-corrected chi connectivity index (χ2v) is 6.96. The number of aryl methyl sites for hydroxylation is 1. The molecule has 0 radical (unpaired) electrons. The van der Waals surface area contributed by atoms with E-state index in [0.29, 0.717) is 22.1 Å². The third-order valence-electron chi connectivity index (χ3n) is 4.38. The monoisotopic (exact) mass is 394 g/mol. The Balaban J connectivity index is 1.57. The molecular weight excluding hydrogens is 379 g/mol. The smallest absolute Gasteiger partial charge is 0.232 e. The second kappa shape index (κ2) is 7.49. The van der Waals surface area contributed by atoms with E-state index in [9.17, 15) is 9.18 Å². The number of ether oxygens (including phenoxy) is 2. The topological polar surface area (TPSA) is 35.5 Å². The second-order valence-electron chi connectivity index (χ2n) is 6.53. The van der Waals surface area contributed by atoms with Crippen LogP contribution in [0.3, 0.4) is 0 Å². The van der Waals surface area contributed by atoms with Crippen LogP contribution in [0.1, 0.15) is 27.0 Å². The number of carbonyl (C=O) groups is 1. The molecule has 5 heteroatoms. The summed E-state index contributed by atoms with van der Waals surface area (Å²) in [6, 6.07) is 16.9. The van der Waals surface area contributed by atoms with E-state index in [4.69, 9.17) is 21.1 Å². The van der Waals surface area contributed by atoms with Gasteiger partial charge < -0.3 is 9.47 Å². The van der Waals surface area contributed by atoms with Gasteiger partial charge in [-0.2, -0.15) is 0 Å². The number of fused-ring (bicyclic) bond motifs is 1. The predicted octanol–water partition coefficient (Wildman–Crippen LogP) is 5.98. The van der Waals surface area contributed by atoms with Crippen LogP contribution in [-0.2, 0) is 6.61 Å². The fraction of sp³-hybridized carbons (Fsp3) is 0.0870. The summed E-state index contributed by atoms with van der Waals surface area (Å²) >= 11 is 6.00. The van der Waals surface area contributed by atoms with E-state index in [1.165, 1.54) is 12.1 Å². The van der Waals surface area contributed by atoms with Gasteiger partial charge in [0.15, 0.2) is 5.76 Å². The molecule has 1 aliphatic rings. The molecule has 0 aromatic heterocycles. The minimum atomic E-state index is -0.309. The lowest BCUT2D eigenvalue weighted by Crippen LogP contribution is -2.00. The maximum Gasteiger partial charge on any atom is 0.232 e. The van der Waals surface area contributed by atoms with Crippen molar-refractivity contribution in [3.63, 3.8) is 0 Å². The summed E-state index contributed by atoms with van der Waals surface area (Å²) in [6.45, 7) is 2.05. The first-order valence-electron chi connectivity index (χ1n) is 8.71. The Morgan fingerprint density at radius 2 is 1.93 bits per heavy atom. The summed E-state index contributed by atoms with van der Waals surface area (Å²) in [5, 5.41) is 0.585. The van der Waals surface area contributed by atoms with Crippen LogP contribution < -0.4 is 9.47 Å². The van der Waals surface area contributed by atoms with Crippen molar-refractivity contribution in [2.75, 3.05) is 0 Å². The molecule has 1 aliphatic heterocycles. The number of Topliss-reactive ketones (excluding diaryl/α,β-unsaturated/α-hetero) is 1. The zero-order chi connectivity index (χ0) is 19.7. The predicted molar refractivity (Wildman–Crippen MR) is 106 cm³/mol. The molecule has 28 heavy (non-hydrogen) atoms. The SMILES string of the molecule is Cc1cc(OCc2cccc(F)c2)cc2c1C(=O)/C(=C/c1cccc(Cl)c1)O2. The van der Waals surface area contributed by atoms with Gasteiger partial charge in [0.1, 0.15) is 23.9 Å². The van der Waals surface area contributed by atoms with Crippen molar-refractivity contribution >= 4 is 23.5 Å². The number of hydrogen-bond donors (Lipinski definition) is 0. The zero-order valence-electron chi connectivity index (χ0n) is 15.0. The summed E-state index contributed by atoms with van der Waals surface area (Å²) in [7, 11) is 0. The van der Waals surface area contributed by atoms with E-state index < -0.39 is 0 Å². The largest absolute Gasteiger partial charge is 0.489 e. The van der Waals surface area contributed by atoms with Crippen LogP contribution in [-0.4, -0.2) is 5.78 Å². The molecule has 0 N–H and O–H groups in total. The fourth-order valence-electron chi connectivity index (χ4n) is 3.10. The van der Waals surface area contributed by atoms with Crippen LogP contribution in [0.4, 0.5) is 4.39 Å². The molecule has 3 nitrogen and oxygen atoms in total. The Morgan fingerprint density at radius 1 is 1.11 bits per heavy atom. The summed E-state index contributed by atoms with van der Waals surface area (Å²) in [5.41, 5.74) is 2.78. The maximum absolute atomic E-state index is 13.3. The third kappa shape index (κ3) is 3.78. The summed E-state index contributed by atoms with van der Waals surface area (Å²) < 4.78 is 24.8. The van der Waals surface area contributed by atoms with E-state index in [1.54, 1.807) is 42.5 Å². The van der Waals surface area contributed by atoms with Crippen LogP contribution in [0.5, 0.6) is 11.5 Å². The number of halogens is 2. The van der Waals surface area contributed by atoms with Crippen molar-refractivity contribution in [2.24, 2.45) is 0 Å². The Labute approximate surface area is 167 Å². The van der Waals surface area contributed by atoms with Gasteiger partial charge in [-0.15, -0.1) is 0 Å². The van der Waals surface area contributed by atoms with Crippen molar-refractivity contribution in [1.82, 2.24) is 0 Å². The highest BCUT2D eigenvalue weighted by molar-refractivity contribution is 6.30. The molecule has 0 unspecified atom stereocenters. The Bertz CT molecular complexity index is 1100. The maximum atomic E-state index is 13.3. The standard InChI is InChI=1S/C23H16ClFO3/c1-14-8-19(27-13-16-5-3-7-18(25)10-16)12-20-22(14)23(26)21(28-20)11-15-4-2-6-17(24)9-15/h2-12H,13H2,1H3/b21-11-. The molecule has 0 saturated carbocycles. The van der Waals surface area contributed by atoms with Crippen molar-refractivity contribution < 1.29 is 18.7 Å². The van der Waals surface area contributed by atoms with Gasteiger partial charge in [-0.3, -0.25) is 4.79 Å². The normalized spacial score (nSPS) is 14.1. The zero-order valence-corrected chi connectivity index (χ0v) is 15.8. The number of rotatable bonds is 4. The van der Waals surface area contributed by atoms with Gasteiger partial charge in [0.05, 0.1) is 5.56 Å². The molecule has 0 saturated heterocycles. The number of ketones is 1. The molecule has 3 aromatic carbocycles. The van der Waals surface area contributed by atoms with E-state index >= 15 is 0 Å². The van der Waals surface area contributed by atoms with E-state index in [2.05, 4.69) is 0 Å². The summed E-state index contributed by atoms with van der Waals surface area (Å²) in [5.74, 6) is 0.757. The Kier molecular flexibility index (Phi) is 4.88. The molecule has 0 spiro atoms. The minimum absolute atomic E-state index is 0.177. The molecule has 4 rings (SSSR count). The van der Waals surface area contributed by atoms with E-state index in [0.717, 1.165) is 16.7 Å². The Hall–Kier alpha value is -3.11. The highest BCUT2D eigenvalue weighted by Gasteiger charge is 2.30. The van der Waals surface area contributed by atoms with E-state index in [1.807, 2.05) is 19.1 Å². The lowest BCUT2D eigenvalue weighted by Gasteiger charge is -2.09. The van der Waals surface area contributed by atoms with Crippen LogP contribution in [0.2, 0.25) is 5.02 Å². The third-order valence-corrected chi connectivity index (χ3v) is 4.62. The number of carbonyl (C=O) groups excluding carboxylic acids is 1. The number of hydrogen-bond acceptors (Lipinski definition) is 3. The molecule has 0 bridgehead atoms. The van der Waals surface area contributed by atoms with Crippen LogP contribution in [0.25, 0.3) is 6.08 Å². The van der Waals surface area contributed by atoms with Gasteiger partial charge in [0.25, 0.3) is 0 Å². The Morgan fingerprint density at radius 3 is 2.71 bits per heavy atom. The minimum Gasteiger partial charge on any atom is -0.489 e. The summed E-state index contributed by atoms with van der Waals surface area (Å²) in [6.07, 6.45) is 1.67.